The summed E-state index contributed by atoms with van der Waals surface area (Å²) in [5, 5.41) is 36.9. The van der Waals surface area contributed by atoms with Gasteiger partial charge in [0, 0.05) is 6.42 Å². The van der Waals surface area contributed by atoms with E-state index in [4.69, 9.17) is 10.2 Å². The fourth-order valence-corrected chi connectivity index (χ4v) is 2.58. The van der Waals surface area contributed by atoms with Gasteiger partial charge in [0.05, 0.1) is 12.8 Å². The van der Waals surface area contributed by atoms with E-state index in [1.165, 1.54) is 32.1 Å². The van der Waals surface area contributed by atoms with Crippen molar-refractivity contribution in [1.29, 1.82) is 0 Å². The van der Waals surface area contributed by atoms with Crippen molar-refractivity contribution >= 4 is 17.9 Å². The zero-order valence-corrected chi connectivity index (χ0v) is 15.5. The molecule has 8 nitrogen and oxygen atoms in total. The van der Waals surface area contributed by atoms with Crippen LogP contribution in [0, 0.1) is 0 Å². The fraction of sp³-hybridized carbons (Fsp3) is 0.833. The third-order valence-corrected chi connectivity index (χ3v) is 4.10. The average molecular weight is 376 g/mol. The van der Waals surface area contributed by atoms with Crippen LogP contribution in [0.15, 0.2) is 0 Å². The predicted molar refractivity (Wildman–Crippen MR) is 93.4 cm³/mol. The topological polar surface area (TPSA) is 141 Å². The Morgan fingerprint density at radius 2 is 1.38 bits per heavy atom. The van der Waals surface area contributed by atoms with Crippen molar-refractivity contribution in [2.75, 3.05) is 0 Å². The summed E-state index contributed by atoms with van der Waals surface area (Å²) >= 11 is 0. The van der Waals surface area contributed by atoms with Crippen LogP contribution in [0.25, 0.3) is 0 Å². The van der Waals surface area contributed by atoms with Gasteiger partial charge in [-0.05, 0) is 6.42 Å². The van der Waals surface area contributed by atoms with Crippen LogP contribution in [0.2, 0.25) is 0 Å². The van der Waals surface area contributed by atoms with E-state index in [1.807, 2.05) is 0 Å². The Kier molecular flexibility index (Phi) is 12.7. The molecule has 8 heteroatoms. The van der Waals surface area contributed by atoms with Crippen LogP contribution in [0.3, 0.4) is 0 Å². The monoisotopic (exact) mass is 376 g/mol. The number of carboxylic acid groups (broad SMARTS) is 2. The highest BCUT2D eigenvalue weighted by atomic mass is 16.6. The van der Waals surface area contributed by atoms with Crippen molar-refractivity contribution in [2.24, 2.45) is 0 Å². The summed E-state index contributed by atoms with van der Waals surface area (Å²) in [7, 11) is 0. The molecular formula is C18H32O8. The minimum absolute atomic E-state index is 0.214. The maximum absolute atomic E-state index is 11.6. The number of hydrogen-bond acceptors (Lipinski definition) is 6. The number of ether oxygens (including phenoxy) is 1. The van der Waals surface area contributed by atoms with Crippen LogP contribution in [0.5, 0.6) is 0 Å². The molecule has 4 N–H and O–H groups in total. The summed E-state index contributed by atoms with van der Waals surface area (Å²) in [5.74, 6) is -4.54. The number of carbonyl (C=O) groups excluding carboxylic acids is 1. The first kappa shape index (κ1) is 24.3. The Morgan fingerprint density at radius 3 is 1.85 bits per heavy atom. The van der Waals surface area contributed by atoms with E-state index >= 15 is 0 Å². The van der Waals surface area contributed by atoms with Crippen LogP contribution in [-0.4, -0.2) is 50.2 Å². The van der Waals surface area contributed by atoms with Gasteiger partial charge in [-0.25, -0.2) is 4.79 Å². The van der Waals surface area contributed by atoms with E-state index in [0.717, 1.165) is 19.3 Å². The fourth-order valence-electron chi connectivity index (χ4n) is 2.58. The van der Waals surface area contributed by atoms with Gasteiger partial charge in [0.1, 0.15) is 0 Å². The Morgan fingerprint density at radius 1 is 0.885 bits per heavy atom. The molecule has 0 aromatic heterocycles. The molecule has 0 heterocycles. The summed E-state index contributed by atoms with van der Waals surface area (Å²) in [4.78, 5) is 33.2. The van der Waals surface area contributed by atoms with Gasteiger partial charge in [-0.3, -0.25) is 9.59 Å². The zero-order valence-electron chi connectivity index (χ0n) is 15.5. The number of rotatable bonds is 16. The van der Waals surface area contributed by atoms with Crippen molar-refractivity contribution in [3.63, 3.8) is 0 Å². The van der Waals surface area contributed by atoms with Crippen molar-refractivity contribution in [1.82, 2.24) is 0 Å². The van der Waals surface area contributed by atoms with Gasteiger partial charge in [0.15, 0.2) is 5.60 Å². The van der Waals surface area contributed by atoms with Crippen molar-refractivity contribution < 1.29 is 39.5 Å². The maximum atomic E-state index is 11.6. The molecule has 26 heavy (non-hydrogen) atoms. The minimum atomic E-state index is -2.75. The SMILES string of the molecule is CCCCCCCCCCCC(O)OC(=O)CC(O)(CC(=O)O)C(=O)O. The second kappa shape index (κ2) is 13.5. The number of unbranched alkanes of at least 4 members (excludes halogenated alkanes) is 8. The van der Waals surface area contributed by atoms with E-state index in [9.17, 15) is 24.6 Å². The van der Waals surface area contributed by atoms with E-state index < -0.39 is 42.6 Å². The van der Waals surface area contributed by atoms with Gasteiger partial charge in [-0.15, -0.1) is 0 Å². The lowest BCUT2D eigenvalue weighted by Crippen LogP contribution is -2.43. The molecule has 0 aliphatic heterocycles. The first-order valence-electron chi connectivity index (χ1n) is 9.26. The lowest BCUT2D eigenvalue weighted by atomic mass is 9.96. The van der Waals surface area contributed by atoms with Crippen LogP contribution in [0.1, 0.15) is 84.0 Å². The lowest BCUT2D eigenvalue weighted by molar-refractivity contribution is -0.182. The molecule has 0 aromatic carbocycles. The molecule has 0 saturated heterocycles. The molecule has 0 fully saturated rings. The summed E-state index contributed by atoms with van der Waals surface area (Å²) < 4.78 is 4.65. The van der Waals surface area contributed by atoms with Gasteiger partial charge in [0.25, 0.3) is 0 Å². The predicted octanol–water partition coefficient (Wildman–Crippen LogP) is 2.45. The second-order valence-corrected chi connectivity index (χ2v) is 6.65. The number of aliphatic carboxylic acids is 2. The van der Waals surface area contributed by atoms with Gasteiger partial charge >= 0.3 is 17.9 Å². The van der Waals surface area contributed by atoms with Gasteiger partial charge in [-0.1, -0.05) is 58.3 Å². The number of hydrogen-bond donors (Lipinski definition) is 4. The number of esters is 1. The Labute approximate surface area is 154 Å². The van der Waals surface area contributed by atoms with Gasteiger partial charge in [0.2, 0.25) is 6.29 Å². The molecule has 0 radical (unpaired) electrons. The summed E-state index contributed by atoms with van der Waals surface area (Å²) in [6.45, 7) is 2.17. The molecule has 0 spiro atoms. The largest absolute Gasteiger partial charge is 0.481 e. The normalized spacial score (nSPS) is 14.4. The first-order chi connectivity index (χ1) is 12.2. The second-order valence-electron chi connectivity index (χ2n) is 6.65. The summed E-state index contributed by atoms with van der Waals surface area (Å²) in [5.41, 5.74) is -2.75. The van der Waals surface area contributed by atoms with Gasteiger partial charge in [-0.2, -0.15) is 0 Å². The molecule has 0 rings (SSSR count). The molecule has 0 aliphatic rings. The number of carbonyl (C=O) groups is 3. The van der Waals surface area contributed by atoms with Crippen molar-refractivity contribution in [3.05, 3.63) is 0 Å². The third-order valence-electron chi connectivity index (χ3n) is 4.10. The zero-order chi connectivity index (χ0) is 20.0. The molecular weight excluding hydrogens is 344 g/mol. The standard InChI is InChI=1S/C18H32O8/c1-2-3-4-5-6-7-8-9-10-11-15(21)26-16(22)13-18(25,17(23)24)12-14(19)20/h15,21,25H,2-13H2,1H3,(H,19,20)(H,23,24). The molecule has 2 unspecified atom stereocenters. The minimum Gasteiger partial charge on any atom is -0.481 e. The van der Waals surface area contributed by atoms with Crippen LogP contribution < -0.4 is 0 Å². The number of aliphatic hydroxyl groups excluding tert-OH is 1. The van der Waals surface area contributed by atoms with Crippen LogP contribution in [0.4, 0.5) is 0 Å². The first-order valence-corrected chi connectivity index (χ1v) is 9.26. The molecule has 152 valence electrons. The smallest absolute Gasteiger partial charge is 0.336 e. The van der Waals surface area contributed by atoms with Crippen LogP contribution in [-0.2, 0) is 19.1 Å². The van der Waals surface area contributed by atoms with Crippen molar-refractivity contribution in [3.8, 4) is 0 Å². The van der Waals surface area contributed by atoms with E-state index in [0.29, 0.717) is 6.42 Å². The molecule has 0 bridgehead atoms. The molecule has 0 amide bonds. The average Bonchev–Trinajstić information content (AvgIpc) is 2.52. The lowest BCUT2D eigenvalue weighted by Gasteiger charge is -2.21. The Balaban J connectivity index is 3.94. The van der Waals surface area contributed by atoms with Gasteiger partial charge < -0.3 is 25.2 Å². The van der Waals surface area contributed by atoms with E-state index in [-0.39, 0.29) is 6.42 Å². The third kappa shape index (κ3) is 11.8. The Bertz CT molecular complexity index is 437. The molecule has 2 atom stereocenters. The highest BCUT2D eigenvalue weighted by molar-refractivity contribution is 5.88. The van der Waals surface area contributed by atoms with E-state index in [2.05, 4.69) is 11.7 Å². The number of aliphatic hydroxyl groups is 2. The van der Waals surface area contributed by atoms with Crippen molar-refractivity contribution in [2.45, 2.75) is 95.9 Å². The summed E-state index contributed by atoms with van der Waals surface area (Å²) in [6.07, 6.45) is 6.52. The summed E-state index contributed by atoms with van der Waals surface area (Å²) in [6, 6.07) is 0. The highest BCUT2D eigenvalue weighted by Gasteiger charge is 2.41. The molecule has 0 saturated carbocycles. The maximum Gasteiger partial charge on any atom is 0.336 e. The van der Waals surface area contributed by atoms with E-state index in [1.54, 1.807) is 0 Å². The quantitative estimate of drug-likeness (QED) is 0.183. The highest BCUT2D eigenvalue weighted by Crippen LogP contribution is 2.18. The molecule has 0 aromatic rings. The molecule has 0 aliphatic carbocycles. The van der Waals surface area contributed by atoms with Crippen LogP contribution >= 0.6 is 0 Å². The Hall–Kier alpha value is -1.67. The number of carboxylic acids is 2.